The lowest BCUT2D eigenvalue weighted by atomic mass is 10.0. The Morgan fingerprint density at radius 3 is 2.88 bits per heavy atom. The Bertz CT molecular complexity index is 1060. The highest BCUT2D eigenvalue weighted by Gasteiger charge is 2.20. The molecule has 1 amide bonds. The molecule has 7 heteroatoms. The molecular formula is C25H31ClN4O2. The second kappa shape index (κ2) is 10.4. The molecule has 2 atom stereocenters. The second-order valence-electron chi connectivity index (χ2n) is 8.61. The number of carbonyl (C=O) groups is 1. The molecule has 2 aromatic carbocycles. The Morgan fingerprint density at radius 2 is 2.12 bits per heavy atom. The van der Waals surface area contributed by atoms with E-state index in [4.69, 9.17) is 21.3 Å². The normalized spacial score (nSPS) is 17.3. The minimum absolute atomic E-state index is 0.0794. The first-order chi connectivity index (χ1) is 15.5. The van der Waals surface area contributed by atoms with Gasteiger partial charge in [-0.25, -0.2) is 4.98 Å². The average molecular weight is 455 g/mol. The van der Waals surface area contributed by atoms with E-state index in [2.05, 4.69) is 34.3 Å². The molecule has 4 rings (SSSR count). The van der Waals surface area contributed by atoms with Gasteiger partial charge in [0.1, 0.15) is 18.2 Å². The summed E-state index contributed by atoms with van der Waals surface area (Å²) in [6.07, 6.45) is 2.89. The largest absolute Gasteiger partial charge is 0.486 e. The molecule has 1 aliphatic heterocycles. The number of fused-ring (bicyclic) bond motifs is 1. The molecule has 6 nitrogen and oxygen atoms in total. The lowest BCUT2D eigenvalue weighted by Crippen LogP contribution is -2.47. The van der Waals surface area contributed by atoms with Crippen molar-refractivity contribution in [3.05, 3.63) is 58.9 Å². The maximum atomic E-state index is 12.7. The first kappa shape index (κ1) is 22.6. The zero-order valence-electron chi connectivity index (χ0n) is 18.7. The third kappa shape index (κ3) is 5.43. The fourth-order valence-corrected chi connectivity index (χ4v) is 4.27. The molecule has 32 heavy (non-hydrogen) atoms. The number of nitrogens with one attached hydrogen (secondary N) is 2. The van der Waals surface area contributed by atoms with Gasteiger partial charge in [0.15, 0.2) is 0 Å². The van der Waals surface area contributed by atoms with Gasteiger partial charge in [0.25, 0.3) is 0 Å². The molecule has 1 aromatic heterocycles. The number of rotatable bonds is 8. The van der Waals surface area contributed by atoms with E-state index < -0.39 is 0 Å². The molecule has 0 saturated carbocycles. The van der Waals surface area contributed by atoms with Gasteiger partial charge in [-0.15, -0.1) is 0 Å². The lowest BCUT2D eigenvalue weighted by Gasteiger charge is -2.25. The standard InChI is InChI=1S/C25H31ClN4O2/c1-17-5-3-7-22-24(17)29-23(16-32-21-10-8-19(26)9-11-21)30(22)14-12-18(2)25(31)28-20-6-4-13-27-15-20/h3,5,7-11,18,20,27H,4,6,12-16H2,1-2H3,(H,28,31). The third-order valence-corrected chi connectivity index (χ3v) is 6.37. The van der Waals surface area contributed by atoms with Crippen LogP contribution in [0.2, 0.25) is 5.02 Å². The summed E-state index contributed by atoms with van der Waals surface area (Å²) in [7, 11) is 0. The van der Waals surface area contributed by atoms with Crippen LogP contribution in [0.15, 0.2) is 42.5 Å². The Kier molecular flexibility index (Phi) is 7.33. The first-order valence-corrected chi connectivity index (χ1v) is 11.7. The number of aryl methyl sites for hydroxylation is 2. The number of halogens is 1. The lowest BCUT2D eigenvalue weighted by molar-refractivity contribution is -0.125. The maximum absolute atomic E-state index is 12.7. The topological polar surface area (TPSA) is 68.2 Å². The predicted molar refractivity (Wildman–Crippen MR) is 128 cm³/mol. The van der Waals surface area contributed by atoms with Crippen LogP contribution < -0.4 is 15.4 Å². The number of para-hydroxylation sites is 1. The van der Waals surface area contributed by atoms with E-state index in [1.54, 1.807) is 0 Å². The van der Waals surface area contributed by atoms with E-state index >= 15 is 0 Å². The van der Waals surface area contributed by atoms with Crippen LogP contribution in [0.4, 0.5) is 0 Å². The summed E-state index contributed by atoms with van der Waals surface area (Å²) in [5.74, 6) is 1.65. The molecule has 0 spiro atoms. The molecule has 170 valence electrons. The van der Waals surface area contributed by atoms with Gasteiger partial charge in [-0.3, -0.25) is 4.79 Å². The Hall–Kier alpha value is -2.57. The van der Waals surface area contributed by atoms with Gasteiger partial charge in [0.05, 0.1) is 11.0 Å². The first-order valence-electron chi connectivity index (χ1n) is 11.4. The molecule has 3 aromatic rings. The Morgan fingerprint density at radius 1 is 1.31 bits per heavy atom. The number of amides is 1. The van der Waals surface area contributed by atoms with Crippen LogP contribution in [0.3, 0.4) is 0 Å². The molecule has 0 bridgehead atoms. The number of benzene rings is 2. The quantitative estimate of drug-likeness (QED) is 0.527. The van der Waals surface area contributed by atoms with Crippen molar-refractivity contribution in [3.63, 3.8) is 0 Å². The molecule has 0 aliphatic carbocycles. The Labute approximate surface area is 194 Å². The summed E-state index contributed by atoms with van der Waals surface area (Å²) >= 11 is 5.97. The highest BCUT2D eigenvalue weighted by Crippen LogP contribution is 2.23. The molecule has 2 heterocycles. The zero-order chi connectivity index (χ0) is 22.5. The zero-order valence-corrected chi connectivity index (χ0v) is 19.5. The molecule has 2 unspecified atom stereocenters. The average Bonchev–Trinajstić information content (AvgIpc) is 3.16. The fraction of sp³-hybridized carbons (Fsp3) is 0.440. The third-order valence-electron chi connectivity index (χ3n) is 6.12. The van der Waals surface area contributed by atoms with Gasteiger partial charge >= 0.3 is 0 Å². The van der Waals surface area contributed by atoms with Crippen molar-refractivity contribution >= 4 is 28.5 Å². The van der Waals surface area contributed by atoms with Crippen molar-refractivity contribution in [2.75, 3.05) is 13.1 Å². The van der Waals surface area contributed by atoms with E-state index in [1.165, 1.54) is 0 Å². The van der Waals surface area contributed by atoms with Gasteiger partial charge in [0, 0.05) is 30.1 Å². The summed E-state index contributed by atoms with van der Waals surface area (Å²) in [6.45, 7) is 7.02. The number of imidazole rings is 1. The molecule has 1 aliphatic rings. The van der Waals surface area contributed by atoms with Crippen molar-refractivity contribution in [1.29, 1.82) is 0 Å². The number of hydrogen-bond donors (Lipinski definition) is 2. The maximum Gasteiger partial charge on any atom is 0.223 e. The highest BCUT2D eigenvalue weighted by molar-refractivity contribution is 6.30. The number of nitrogens with zero attached hydrogens (tertiary/aromatic N) is 2. The van der Waals surface area contributed by atoms with E-state index in [0.717, 1.165) is 60.5 Å². The van der Waals surface area contributed by atoms with E-state index in [0.29, 0.717) is 18.2 Å². The second-order valence-corrected chi connectivity index (χ2v) is 9.04. The van der Waals surface area contributed by atoms with Crippen LogP contribution in [-0.2, 0) is 17.9 Å². The van der Waals surface area contributed by atoms with Crippen LogP contribution in [0.25, 0.3) is 11.0 Å². The van der Waals surface area contributed by atoms with Gasteiger partial charge < -0.3 is 19.9 Å². The van der Waals surface area contributed by atoms with Crippen molar-refractivity contribution < 1.29 is 9.53 Å². The van der Waals surface area contributed by atoms with Crippen molar-refractivity contribution in [2.45, 2.75) is 52.3 Å². The number of aromatic nitrogens is 2. The van der Waals surface area contributed by atoms with Gasteiger partial charge in [-0.1, -0.05) is 30.7 Å². The van der Waals surface area contributed by atoms with Crippen LogP contribution in [0, 0.1) is 12.8 Å². The van der Waals surface area contributed by atoms with Gasteiger partial charge in [-0.05, 0) is 68.6 Å². The summed E-state index contributed by atoms with van der Waals surface area (Å²) in [5, 5.41) is 7.22. The number of carbonyl (C=O) groups excluding carboxylic acids is 1. The van der Waals surface area contributed by atoms with Crippen LogP contribution in [0.5, 0.6) is 5.75 Å². The van der Waals surface area contributed by atoms with Gasteiger partial charge in [0.2, 0.25) is 5.91 Å². The smallest absolute Gasteiger partial charge is 0.223 e. The van der Waals surface area contributed by atoms with Crippen LogP contribution >= 0.6 is 11.6 Å². The summed E-state index contributed by atoms with van der Waals surface area (Å²) in [5.41, 5.74) is 3.18. The SMILES string of the molecule is Cc1cccc2c1nc(COc1ccc(Cl)cc1)n2CCC(C)C(=O)NC1CCCNC1. The van der Waals surface area contributed by atoms with Crippen molar-refractivity contribution in [2.24, 2.45) is 5.92 Å². The number of piperidine rings is 1. The van der Waals surface area contributed by atoms with E-state index in [9.17, 15) is 4.79 Å². The molecule has 2 N–H and O–H groups in total. The monoisotopic (exact) mass is 454 g/mol. The minimum Gasteiger partial charge on any atom is -0.486 e. The van der Waals surface area contributed by atoms with Crippen molar-refractivity contribution in [1.82, 2.24) is 20.2 Å². The molecule has 1 fully saturated rings. The highest BCUT2D eigenvalue weighted by atomic mass is 35.5. The summed E-state index contributed by atoms with van der Waals surface area (Å²) in [4.78, 5) is 17.6. The van der Waals surface area contributed by atoms with E-state index in [1.807, 2.05) is 37.3 Å². The number of ether oxygens (including phenoxy) is 1. The van der Waals surface area contributed by atoms with E-state index in [-0.39, 0.29) is 17.9 Å². The summed E-state index contributed by atoms with van der Waals surface area (Å²) in [6, 6.07) is 13.8. The molecule has 1 saturated heterocycles. The number of hydrogen-bond acceptors (Lipinski definition) is 4. The van der Waals surface area contributed by atoms with Crippen LogP contribution in [-0.4, -0.2) is 34.6 Å². The Balaban J connectivity index is 1.46. The minimum atomic E-state index is -0.0794. The fourth-order valence-electron chi connectivity index (χ4n) is 4.15. The van der Waals surface area contributed by atoms with Gasteiger partial charge in [-0.2, -0.15) is 0 Å². The molecular weight excluding hydrogens is 424 g/mol. The summed E-state index contributed by atoms with van der Waals surface area (Å²) < 4.78 is 8.17. The predicted octanol–water partition coefficient (Wildman–Crippen LogP) is 4.47. The molecule has 0 radical (unpaired) electrons. The van der Waals surface area contributed by atoms with Crippen molar-refractivity contribution in [3.8, 4) is 5.75 Å². The van der Waals surface area contributed by atoms with Crippen LogP contribution in [0.1, 0.15) is 37.6 Å².